The van der Waals surface area contributed by atoms with Gasteiger partial charge in [-0.05, 0) is 11.5 Å². The van der Waals surface area contributed by atoms with Crippen LogP contribution in [0.15, 0.2) is 18.0 Å². The minimum Gasteiger partial charge on any atom is -0.501 e. The van der Waals surface area contributed by atoms with Gasteiger partial charge in [0.2, 0.25) is 0 Å². The Hall–Kier alpha value is -0.940. The van der Waals surface area contributed by atoms with Crippen LogP contribution in [0.5, 0.6) is 0 Å². The molecule has 5 heteroatoms. The Morgan fingerprint density at radius 2 is 2.58 bits per heavy atom. The number of rotatable bonds is 2. The molecule has 1 N–H and O–H groups in total. The topological polar surface area (TPSA) is 55.2 Å². The molecule has 0 fully saturated rings. The Kier molecular flexibility index (Phi) is 2.05. The highest BCUT2D eigenvalue weighted by Gasteiger charge is 2.18. The summed E-state index contributed by atoms with van der Waals surface area (Å²) in [6.45, 7) is 0.665. The maximum absolute atomic E-state index is 9.69. The molecule has 0 radical (unpaired) electrons. The SMILES string of the molecule is OC(C1=COCC1)c1cnns1. The number of hydrogen-bond donors (Lipinski definition) is 1. The van der Waals surface area contributed by atoms with Crippen LogP contribution in [-0.2, 0) is 4.74 Å². The number of aliphatic hydroxyl groups is 1. The van der Waals surface area contributed by atoms with Crippen molar-refractivity contribution in [3.63, 3.8) is 0 Å². The Labute approximate surface area is 73.7 Å². The zero-order valence-corrected chi connectivity index (χ0v) is 7.12. The number of aromatic nitrogens is 2. The third-order valence-corrected chi connectivity index (χ3v) is 2.46. The largest absolute Gasteiger partial charge is 0.501 e. The van der Waals surface area contributed by atoms with Gasteiger partial charge in [0.05, 0.1) is 23.9 Å². The second-order valence-corrected chi connectivity index (χ2v) is 3.35. The molecule has 1 unspecified atom stereocenters. The number of ether oxygens (including phenoxy) is 1. The summed E-state index contributed by atoms with van der Waals surface area (Å²) < 4.78 is 8.70. The standard InChI is InChI=1S/C7H8N2O2S/c10-7(5-1-2-11-4-5)6-3-8-9-12-6/h3-4,7,10H,1-2H2. The van der Waals surface area contributed by atoms with Crippen molar-refractivity contribution >= 4 is 11.5 Å². The molecule has 0 saturated heterocycles. The van der Waals surface area contributed by atoms with Crippen LogP contribution in [0.3, 0.4) is 0 Å². The summed E-state index contributed by atoms with van der Waals surface area (Å²) >= 11 is 1.21. The van der Waals surface area contributed by atoms with Gasteiger partial charge in [0.25, 0.3) is 0 Å². The van der Waals surface area contributed by atoms with E-state index in [2.05, 4.69) is 9.59 Å². The fourth-order valence-corrected chi connectivity index (χ4v) is 1.61. The molecule has 0 aromatic carbocycles. The van der Waals surface area contributed by atoms with E-state index in [4.69, 9.17) is 4.74 Å². The highest BCUT2D eigenvalue weighted by Crippen LogP contribution is 2.28. The van der Waals surface area contributed by atoms with E-state index in [9.17, 15) is 5.11 Å². The quantitative estimate of drug-likeness (QED) is 0.741. The molecule has 4 nitrogen and oxygen atoms in total. The van der Waals surface area contributed by atoms with E-state index < -0.39 is 6.10 Å². The lowest BCUT2D eigenvalue weighted by Crippen LogP contribution is -1.97. The average Bonchev–Trinajstić information content (AvgIpc) is 2.77. The van der Waals surface area contributed by atoms with Crippen LogP contribution in [0.1, 0.15) is 17.4 Å². The van der Waals surface area contributed by atoms with Gasteiger partial charge in [0.1, 0.15) is 6.10 Å². The summed E-state index contributed by atoms with van der Waals surface area (Å²) in [7, 11) is 0. The van der Waals surface area contributed by atoms with Gasteiger partial charge in [-0.3, -0.25) is 0 Å². The van der Waals surface area contributed by atoms with Crippen LogP contribution in [0.25, 0.3) is 0 Å². The molecule has 0 spiro atoms. The Morgan fingerprint density at radius 3 is 3.17 bits per heavy atom. The summed E-state index contributed by atoms with van der Waals surface area (Å²) in [5, 5.41) is 13.3. The predicted molar refractivity (Wildman–Crippen MR) is 43.5 cm³/mol. The van der Waals surface area contributed by atoms with E-state index in [1.54, 1.807) is 12.5 Å². The van der Waals surface area contributed by atoms with Crippen LogP contribution < -0.4 is 0 Å². The molecule has 64 valence electrons. The van der Waals surface area contributed by atoms with Crippen LogP contribution >= 0.6 is 11.5 Å². The molecular formula is C7H8N2O2S. The summed E-state index contributed by atoms with van der Waals surface area (Å²) in [6.07, 6.45) is 3.41. The molecule has 2 rings (SSSR count). The fourth-order valence-electron chi connectivity index (χ4n) is 1.08. The Morgan fingerprint density at radius 1 is 1.67 bits per heavy atom. The Bertz CT molecular complexity index is 284. The van der Waals surface area contributed by atoms with Crippen molar-refractivity contribution in [1.29, 1.82) is 0 Å². The van der Waals surface area contributed by atoms with Crippen molar-refractivity contribution in [1.82, 2.24) is 9.59 Å². The van der Waals surface area contributed by atoms with Gasteiger partial charge in [0.15, 0.2) is 0 Å². The third-order valence-electron chi connectivity index (χ3n) is 1.74. The lowest BCUT2D eigenvalue weighted by Gasteiger charge is -2.05. The van der Waals surface area contributed by atoms with Gasteiger partial charge in [0, 0.05) is 12.0 Å². The lowest BCUT2D eigenvalue weighted by molar-refractivity contribution is 0.216. The molecular weight excluding hydrogens is 176 g/mol. The van der Waals surface area contributed by atoms with E-state index >= 15 is 0 Å². The van der Waals surface area contributed by atoms with Crippen LogP contribution in [0.4, 0.5) is 0 Å². The van der Waals surface area contributed by atoms with Crippen molar-refractivity contribution in [2.75, 3.05) is 6.61 Å². The number of aliphatic hydroxyl groups excluding tert-OH is 1. The molecule has 0 amide bonds. The van der Waals surface area contributed by atoms with E-state index in [0.29, 0.717) is 6.61 Å². The van der Waals surface area contributed by atoms with Crippen LogP contribution in [0.2, 0.25) is 0 Å². The number of hydrogen-bond acceptors (Lipinski definition) is 5. The second kappa shape index (κ2) is 3.20. The first-order chi connectivity index (χ1) is 5.88. The smallest absolute Gasteiger partial charge is 0.116 e. The van der Waals surface area contributed by atoms with E-state index in [1.165, 1.54) is 11.5 Å². The van der Waals surface area contributed by atoms with E-state index in [1.807, 2.05) is 0 Å². The van der Waals surface area contributed by atoms with E-state index in [0.717, 1.165) is 16.9 Å². The molecule has 2 heterocycles. The molecule has 0 aliphatic carbocycles. The van der Waals surface area contributed by atoms with E-state index in [-0.39, 0.29) is 0 Å². The van der Waals surface area contributed by atoms with Gasteiger partial charge >= 0.3 is 0 Å². The van der Waals surface area contributed by atoms with Crippen molar-refractivity contribution in [3.8, 4) is 0 Å². The first-order valence-corrected chi connectivity index (χ1v) is 4.41. The van der Waals surface area contributed by atoms with Crippen molar-refractivity contribution in [3.05, 3.63) is 22.9 Å². The summed E-state index contributed by atoms with van der Waals surface area (Å²) in [6, 6.07) is 0. The minimum absolute atomic E-state index is 0.576. The molecule has 1 aromatic rings. The molecule has 1 aromatic heterocycles. The van der Waals surface area contributed by atoms with Gasteiger partial charge in [-0.2, -0.15) is 0 Å². The van der Waals surface area contributed by atoms with Crippen LogP contribution in [-0.4, -0.2) is 21.3 Å². The summed E-state index contributed by atoms with van der Waals surface area (Å²) in [5.74, 6) is 0. The molecule has 0 bridgehead atoms. The fraction of sp³-hybridized carbons (Fsp3) is 0.429. The Balaban J connectivity index is 2.14. The second-order valence-electron chi connectivity index (χ2n) is 2.54. The van der Waals surface area contributed by atoms with Crippen molar-refractivity contribution in [2.45, 2.75) is 12.5 Å². The molecule has 1 aliphatic rings. The average molecular weight is 184 g/mol. The predicted octanol–water partition coefficient (Wildman–Crippen LogP) is 0.876. The summed E-state index contributed by atoms with van der Waals surface area (Å²) in [4.78, 5) is 0.770. The maximum atomic E-state index is 9.69. The first-order valence-electron chi connectivity index (χ1n) is 3.64. The van der Waals surface area contributed by atoms with Gasteiger partial charge < -0.3 is 9.84 Å². The molecule has 12 heavy (non-hydrogen) atoms. The number of nitrogens with zero attached hydrogens (tertiary/aromatic N) is 2. The highest BCUT2D eigenvalue weighted by atomic mass is 32.1. The lowest BCUT2D eigenvalue weighted by atomic mass is 10.1. The van der Waals surface area contributed by atoms with Gasteiger partial charge in [-0.25, -0.2) is 0 Å². The maximum Gasteiger partial charge on any atom is 0.116 e. The normalized spacial score (nSPS) is 18.6. The third kappa shape index (κ3) is 1.33. The molecule has 1 atom stereocenters. The van der Waals surface area contributed by atoms with Gasteiger partial charge in [-0.15, -0.1) is 5.10 Å². The minimum atomic E-state index is -0.576. The molecule has 0 saturated carbocycles. The summed E-state index contributed by atoms with van der Waals surface area (Å²) in [5.41, 5.74) is 0.904. The monoisotopic (exact) mass is 184 g/mol. The first kappa shape index (κ1) is 7.70. The highest BCUT2D eigenvalue weighted by molar-refractivity contribution is 7.05. The van der Waals surface area contributed by atoms with Crippen molar-refractivity contribution < 1.29 is 9.84 Å². The van der Waals surface area contributed by atoms with Crippen molar-refractivity contribution in [2.24, 2.45) is 0 Å². The zero-order valence-electron chi connectivity index (χ0n) is 6.30. The van der Waals surface area contributed by atoms with Crippen LogP contribution in [0, 0.1) is 0 Å². The molecule has 1 aliphatic heterocycles. The zero-order chi connectivity index (χ0) is 8.39. The van der Waals surface area contributed by atoms with Gasteiger partial charge in [-0.1, -0.05) is 4.49 Å².